The van der Waals surface area contributed by atoms with Gasteiger partial charge in [0.15, 0.2) is 0 Å². The van der Waals surface area contributed by atoms with Crippen molar-refractivity contribution in [1.82, 2.24) is 9.97 Å². The fourth-order valence-electron chi connectivity index (χ4n) is 1.52. The Morgan fingerprint density at radius 2 is 1.82 bits per heavy atom. The van der Waals surface area contributed by atoms with Gasteiger partial charge in [0.2, 0.25) is 0 Å². The first-order valence-corrected chi connectivity index (χ1v) is 5.61. The SMILES string of the molecule is CCC(CO)(CO)Nc1ncnc(NC)c1C. The Labute approximate surface area is 101 Å². The van der Waals surface area contributed by atoms with E-state index in [1.165, 1.54) is 6.33 Å². The Morgan fingerprint density at radius 1 is 1.24 bits per heavy atom. The minimum Gasteiger partial charge on any atom is -0.394 e. The highest BCUT2D eigenvalue weighted by Gasteiger charge is 2.27. The van der Waals surface area contributed by atoms with Gasteiger partial charge in [0.05, 0.1) is 18.8 Å². The minimum atomic E-state index is -0.746. The van der Waals surface area contributed by atoms with E-state index in [1.54, 1.807) is 7.05 Å². The summed E-state index contributed by atoms with van der Waals surface area (Å²) in [5.41, 5.74) is 0.110. The monoisotopic (exact) mass is 240 g/mol. The van der Waals surface area contributed by atoms with E-state index >= 15 is 0 Å². The molecule has 0 radical (unpaired) electrons. The van der Waals surface area contributed by atoms with Crippen molar-refractivity contribution in [2.45, 2.75) is 25.8 Å². The standard InChI is InChI=1S/C11H20N4O2/c1-4-11(5-16,6-17)15-10-8(2)9(12-3)13-7-14-10/h7,16-17H,4-6H2,1-3H3,(H2,12,13,14,15). The van der Waals surface area contributed by atoms with Crippen LogP contribution in [-0.2, 0) is 0 Å². The van der Waals surface area contributed by atoms with E-state index in [9.17, 15) is 10.2 Å². The normalized spacial score (nSPS) is 11.4. The predicted octanol–water partition coefficient (Wildman–Crippen LogP) is 0.372. The Balaban J connectivity index is 3.01. The van der Waals surface area contributed by atoms with Gasteiger partial charge in [-0.15, -0.1) is 0 Å². The second-order valence-electron chi connectivity index (χ2n) is 4.02. The van der Waals surface area contributed by atoms with Crippen LogP contribution in [0.3, 0.4) is 0 Å². The van der Waals surface area contributed by atoms with Gasteiger partial charge >= 0.3 is 0 Å². The van der Waals surface area contributed by atoms with Gasteiger partial charge < -0.3 is 20.8 Å². The number of aromatic nitrogens is 2. The molecule has 0 amide bonds. The van der Waals surface area contributed by atoms with Gasteiger partial charge in [0.25, 0.3) is 0 Å². The summed E-state index contributed by atoms with van der Waals surface area (Å²) in [6.45, 7) is 3.47. The molecule has 0 aromatic carbocycles. The van der Waals surface area contributed by atoms with Gasteiger partial charge in [-0.1, -0.05) is 6.92 Å². The molecule has 17 heavy (non-hydrogen) atoms. The Hall–Kier alpha value is -1.40. The van der Waals surface area contributed by atoms with Crippen LogP contribution in [0, 0.1) is 6.92 Å². The zero-order valence-electron chi connectivity index (χ0n) is 10.5. The molecule has 96 valence electrons. The molecular formula is C11H20N4O2. The average Bonchev–Trinajstić information content (AvgIpc) is 2.38. The predicted molar refractivity (Wildman–Crippen MR) is 67.1 cm³/mol. The molecule has 1 heterocycles. The first-order chi connectivity index (χ1) is 8.12. The third-order valence-corrected chi connectivity index (χ3v) is 2.99. The van der Waals surface area contributed by atoms with Crippen LogP contribution in [-0.4, -0.2) is 46.0 Å². The van der Waals surface area contributed by atoms with Crippen LogP contribution >= 0.6 is 0 Å². The number of anilines is 2. The summed E-state index contributed by atoms with van der Waals surface area (Å²) in [4.78, 5) is 8.21. The van der Waals surface area contributed by atoms with E-state index in [1.807, 2.05) is 13.8 Å². The molecule has 1 aromatic rings. The summed E-state index contributed by atoms with van der Waals surface area (Å²) in [7, 11) is 1.78. The number of nitrogens with zero attached hydrogens (tertiary/aromatic N) is 2. The molecule has 0 aliphatic rings. The second-order valence-corrected chi connectivity index (χ2v) is 4.02. The van der Waals surface area contributed by atoms with Crippen molar-refractivity contribution in [1.29, 1.82) is 0 Å². The fraction of sp³-hybridized carbons (Fsp3) is 0.636. The molecular weight excluding hydrogens is 220 g/mol. The van der Waals surface area contributed by atoms with Crippen LogP contribution in [0.2, 0.25) is 0 Å². The third-order valence-electron chi connectivity index (χ3n) is 2.99. The molecule has 0 spiro atoms. The molecule has 1 rings (SSSR count). The summed E-state index contributed by atoms with van der Waals surface area (Å²) in [6, 6.07) is 0. The molecule has 0 bridgehead atoms. The number of aliphatic hydroxyl groups excluding tert-OH is 2. The first kappa shape index (κ1) is 13.7. The van der Waals surface area contributed by atoms with Gasteiger partial charge in [-0.3, -0.25) is 0 Å². The van der Waals surface area contributed by atoms with E-state index < -0.39 is 5.54 Å². The maximum atomic E-state index is 9.37. The highest BCUT2D eigenvalue weighted by Crippen LogP contribution is 2.22. The van der Waals surface area contributed by atoms with E-state index in [0.29, 0.717) is 12.2 Å². The largest absolute Gasteiger partial charge is 0.394 e. The van der Waals surface area contributed by atoms with E-state index in [4.69, 9.17) is 0 Å². The van der Waals surface area contributed by atoms with Gasteiger partial charge in [-0.05, 0) is 13.3 Å². The number of hydrogen-bond acceptors (Lipinski definition) is 6. The van der Waals surface area contributed by atoms with Crippen molar-refractivity contribution in [3.8, 4) is 0 Å². The number of rotatable bonds is 6. The fourth-order valence-corrected chi connectivity index (χ4v) is 1.52. The Bertz CT molecular complexity index is 358. The number of aliphatic hydroxyl groups is 2. The first-order valence-electron chi connectivity index (χ1n) is 5.61. The topological polar surface area (TPSA) is 90.3 Å². The van der Waals surface area contributed by atoms with Gasteiger partial charge in [0, 0.05) is 12.6 Å². The van der Waals surface area contributed by atoms with Gasteiger partial charge in [-0.25, -0.2) is 9.97 Å². The molecule has 0 saturated carbocycles. The van der Waals surface area contributed by atoms with Crippen LogP contribution in [0.1, 0.15) is 18.9 Å². The molecule has 0 aliphatic carbocycles. The maximum absolute atomic E-state index is 9.37. The highest BCUT2D eigenvalue weighted by molar-refractivity contribution is 5.57. The zero-order chi connectivity index (χ0) is 12.9. The molecule has 6 heteroatoms. The van der Waals surface area contributed by atoms with Crippen LogP contribution in [0.4, 0.5) is 11.6 Å². The molecule has 0 aliphatic heterocycles. The lowest BCUT2D eigenvalue weighted by Gasteiger charge is -2.31. The lowest BCUT2D eigenvalue weighted by Crippen LogP contribution is -2.45. The van der Waals surface area contributed by atoms with E-state index in [2.05, 4.69) is 20.6 Å². The summed E-state index contributed by atoms with van der Waals surface area (Å²) in [6.07, 6.45) is 2.04. The minimum absolute atomic E-state index is 0.154. The van der Waals surface area contributed by atoms with Gasteiger partial charge in [-0.2, -0.15) is 0 Å². The molecule has 0 unspecified atom stereocenters. The zero-order valence-corrected chi connectivity index (χ0v) is 10.5. The molecule has 0 atom stereocenters. The summed E-state index contributed by atoms with van der Waals surface area (Å²) < 4.78 is 0. The lowest BCUT2D eigenvalue weighted by molar-refractivity contribution is 0.132. The van der Waals surface area contributed by atoms with E-state index in [0.717, 1.165) is 11.4 Å². The van der Waals surface area contributed by atoms with Crippen molar-refractivity contribution >= 4 is 11.6 Å². The van der Waals surface area contributed by atoms with Crippen molar-refractivity contribution in [2.24, 2.45) is 0 Å². The maximum Gasteiger partial charge on any atom is 0.135 e. The van der Waals surface area contributed by atoms with Gasteiger partial charge in [0.1, 0.15) is 18.0 Å². The molecule has 0 saturated heterocycles. The van der Waals surface area contributed by atoms with Crippen molar-refractivity contribution in [2.75, 3.05) is 30.9 Å². The van der Waals surface area contributed by atoms with Crippen molar-refractivity contribution < 1.29 is 10.2 Å². The number of nitrogens with one attached hydrogen (secondary N) is 2. The van der Waals surface area contributed by atoms with Crippen LogP contribution in [0.25, 0.3) is 0 Å². The summed E-state index contributed by atoms with van der Waals surface area (Å²) in [5.74, 6) is 1.35. The Kier molecular flexibility index (Phi) is 4.65. The van der Waals surface area contributed by atoms with Crippen molar-refractivity contribution in [3.63, 3.8) is 0 Å². The smallest absolute Gasteiger partial charge is 0.135 e. The average molecular weight is 240 g/mol. The second kappa shape index (κ2) is 5.79. The van der Waals surface area contributed by atoms with Crippen LogP contribution < -0.4 is 10.6 Å². The highest BCUT2D eigenvalue weighted by atomic mass is 16.3. The molecule has 1 aromatic heterocycles. The number of hydrogen-bond donors (Lipinski definition) is 4. The van der Waals surface area contributed by atoms with E-state index in [-0.39, 0.29) is 13.2 Å². The van der Waals surface area contributed by atoms with Crippen LogP contribution in [0.5, 0.6) is 0 Å². The lowest BCUT2D eigenvalue weighted by atomic mass is 9.98. The Morgan fingerprint density at radius 3 is 2.29 bits per heavy atom. The quantitative estimate of drug-likeness (QED) is 0.574. The van der Waals surface area contributed by atoms with Crippen LogP contribution in [0.15, 0.2) is 6.33 Å². The third kappa shape index (κ3) is 2.83. The van der Waals surface area contributed by atoms with Crippen molar-refractivity contribution in [3.05, 3.63) is 11.9 Å². The molecule has 0 fully saturated rings. The molecule has 6 nitrogen and oxygen atoms in total. The summed E-state index contributed by atoms with van der Waals surface area (Å²) in [5, 5.41) is 24.8. The summed E-state index contributed by atoms with van der Waals surface area (Å²) >= 11 is 0. The molecule has 4 N–H and O–H groups in total.